The van der Waals surface area contributed by atoms with Gasteiger partial charge in [0.05, 0.1) is 18.6 Å². The lowest BCUT2D eigenvalue weighted by atomic mass is 10.1. The largest absolute Gasteiger partial charge is 0.406 e. The third-order valence-electron chi connectivity index (χ3n) is 3.02. The second kappa shape index (κ2) is 6.23. The minimum absolute atomic E-state index is 0.218. The summed E-state index contributed by atoms with van der Waals surface area (Å²) >= 11 is 0. The number of hydrogen-bond donors (Lipinski definition) is 2. The average Bonchev–Trinajstić information content (AvgIpc) is 2.65. The van der Waals surface area contributed by atoms with Crippen molar-refractivity contribution < 1.29 is 27.9 Å². The first-order valence-electron chi connectivity index (χ1n) is 6.02. The molecule has 0 bridgehead atoms. The van der Waals surface area contributed by atoms with Crippen LogP contribution in [-0.2, 0) is 9.59 Å². The third kappa shape index (κ3) is 4.70. The Morgan fingerprint density at radius 2 is 2.21 bits per heavy atom. The van der Waals surface area contributed by atoms with Gasteiger partial charge in [-0.2, -0.15) is 13.2 Å². The lowest BCUT2D eigenvalue weighted by Crippen LogP contribution is -2.42. The predicted molar refractivity (Wildman–Crippen MR) is 60.0 cm³/mol. The molecule has 0 aliphatic carbocycles. The molecule has 5 nitrogen and oxygen atoms in total. The molecule has 0 radical (unpaired) electrons. The SMILES string of the molecule is CC[C@H](CO)NC(=O)C1CC(=O)N(CC(F)(F)F)C1. The Labute approximate surface area is 108 Å². The van der Waals surface area contributed by atoms with Crippen LogP contribution in [0.25, 0.3) is 0 Å². The van der Waals surface area contributed by atoms with E-state index in [1.807, 2.05) is 0 Å². The number of aliphatic hydroxyl groups excluding tert-OH is 1. The number of likely N-dealkylation sites (tertiary alicyclic amines) is 1. The number of nitrogens with zero attached hydrogens (tertiary/aromatic N) is 1. The number of aliphatic hydroxyl groups is 1. The monoisotopic (exact) mass is 282 g/mol. The first-order chi connectivity index (χ1) is 8.76. The molecule has 1 unspecified atom stereocenters. The van der Waals surface area contributed by atoms with Gasteiger partial charge in [0, 0.05) is 13.0 Å². The van der Waals surface area contributed by atoms with Crippen LogP contribution >= 0.6 is 0 Å². The number of nitrogens with one attached hydrogen (secondary N) is 1. The number of rotatable bonds is 5. The second-order valence-electron chi connectivity index (χ2n) is 4.59. The van der Waals surface area contributed by atoms with Gasteiger partial charge < -0.3 is 15.3 Å². The van der Waals surface area contributed by atoms with Crippen molar-refractivity contribution in [2.24, 2.45) is 5.92 Å². The van der Waals surface area contributed by atoms with E-state index in [2.05, 4.69) is 5.32 Å². The quantitative estimate of drug-likeness (QED) is 0.761. The van der Waals surface area contributed by atoms with E-state index in [0.29, 0.717) is 11.3 Å². The first kappa shape index (κ1) is 15.7. The maximum absolute atomic E-state index is 12.2. The Morgan fingerprint density at radius 3 is 2.68 bits per heavy atom. The Kier molecular flexibility index (Phi) is 5.16. The highest BCUT2D eigenvalue weighted by Gasteiger charge is 2.40. The fourth-order valence-corrected chi connectivity index (χ4v) is 1.91. The molecule has 1 heterocycles. The van der Waals surface area contributed by atoms with Crippen molar-refractivity contribution in [3.8, 4) is 0 Å². The molecule has 1 rings (SSSR count). The summed E-state index contributed by atoms with van der Waals surface area (Å²) in [7, 11) is 0. The predicted octanol–water partition coefficient (Wildman–Crippen LogP) is 0.284. The van der Waals surface area contributed by atoms with Gasteiger partial charge in [-0.25, -0.2) is 0 Å². The molecule has 2 N–H and O–H groups in total. The number of alkyl halides is 3. The highest BCUT2D eigenvalue weighted by Crippen LogP contribution is 2.24. The summed E-state index contributed by atoms with van der Waals surface area (Å²) in [5.74, 6) is -1.94. The Morgan fingerprint density at radius 1 is 1.58 bits per heavy atom. The number of carbonyl (C=O) groups excluding carboxylic acids is 2. The van der Waals surface area contributed by atoms with Crippen LogP contribution in [0, 0.1) is 5.92 Å². The van der Waals surface area contributed by atoms with Crippen molar-refractivity contribution in [3.05, 3.63) is 0 Å². The van der Waals surface area contributed by atoms with Gasteiger partial charge >= 0.3 is 6.18 Å². The summed E-state index contributed by atoms with van der Waals surface area (Å²) in [6, 6.07) is -0.431. The molecule has 110 valence electrons. The molecular weight excluding hydrogens is 265 g/mol. The van der Waals surface area contributed by atoms with Gasteiger partial charge in [0.15, 0.2) is 0 Å². The van der Waals surface area contributed by atoms with Gasteiger partial charge in [0.1, 0.15) is 6.54 Å². The van der Waals surface area contributed by atoms with Gasteiger partial charge in [0.25, 0.3) is 0 Å². The van der Waals surface area contributed by atoms with Crippen molar-refractivity contribution >= 4 is 11.8 Å². The third-order valence-corrected chi connectivity index (χ3v) is 3.02. The van der Waals surface area contributed by atoms with E-state index in [-0.39, 0.29) is 19.6 Å². The second-order valence-corrected chi connectivity index (χ2v) is 4.59. The smallest absolute Gasteiger partial charge is 0.394 e. The standard InChI is InChI=1S/C11H17F3N2O3/c1-2-8(5-17)15-10(19)7-3-9(18)16(4-7)6-11(12,13)14/h7-8,17H,2-6H2,1H3,(H,15,19)/t7?,8-/m1/s1. The highest BCUT2D eigenvalue weighted by molar-refractivity contribution is 5.89. The highest BCUT2D eigenvalue weighted by atomic mass is 19.4. The topological polar surface area (TPSA) is 69.6 Å². The molecule has 2 atom stereocenters. The summed E-state index contributed by atoms with van der Waals surface area (Å²) in [4.78, 5) is 23.8. The lowest BCUT2D eigenvalue weighted by molar-refractivity contribution is -0.157. The van der Waals surface area contributed by atoms with Crippen molar-refractivity contribution in [2.45, 2.75) is 32.0 Å². The molecule has 0 aromatic heterocycles. The molecule has 0 spiro atoms. The van der Waals surface area contributed by atoms with E-state index in [1.165, 1.54) is 0 Å². The summed E-state index contributed by atoms with van der Waals surface area (Å²) < 4.78 is 36.6. The molecule has 0 saturated carbocycles. The fourth-order valence-electron chi connectivity index (χ4n) is 1.91. The van der Waals surface area contributed by atoms with Crippen molar-refractivity contribution in [3.63, 3.8) is 0 Å². The molecule has 1 aliphatic heterocycles. The molecule has 0 aromatic carbocycles. The number of halogens is 3. The van der Waals surface area contributed by atoms with E-state index in [4.69, 9.17) is 5.11 Å². The van der Waals surface area contributed by atoms with Crippen molar-refractivity contribution in [1.29, 1.82) is 0 Å². The lowest BCUT2D eigenvalue weighted by Gasteiger charge is -2.19. The van der Waals surface area contributed by atoms with E-state index in [9.17, 15) is 22.8 Å². The van der Waals surface area contributed by atoms with Crippen LogP contribution in [0.4, 0.5) is 13.2 Å². The van der Waals surface area contributed by atoms with Gasteiger partial charge in [0.2, 0.25) is 11.8 Å². The Balaban J connectivity index is 2.54. The fraction of sp³-hybridized carbons (Fsp3) is 0.818. The average molecular weight is 282 g/mol. The van der Waals surface area contributed by atoms with Crippen LogP contribution in [0.5, 0.6) is 0 Å². The molecule has 0 aromatic rings. The number of carbonyl (C=O) groups is 2. The van der Waals surface area contributed by atoms with Crippen molar-refractivity contribution in [1.82, 2.24) is 10.2 Å². The Bertz CT molecular complexity index is 343. The molecule has 19 heavy (non-hydrogen) atoms. The molecule has 2 amide bonds. The summed E-state index contributed by atoms with van der Waals surface area (Å²) in [6.07, 6.45) is -4.17. The summed E-state index contributed by atoms with van der Waals surface area (Å²) in [6.45, 7) is -0.0368. The van der Waals surface area contributed by atoms with Gasteiger partial charge in [-0.05, 0) is 6.42 Å². The normalized spacial score (nSPS) is 21.6. The van der Waals surface area contributed by atoms with Crippen LogP contribution in [0.3, 0.4) is 0 Å². The van der Waals surface area contributed by atoms with E-state index in [1.54, 1.807) is 6.92 Å². The molecule has 1 aliphatic rings. The zero-order chi connectivity index (χ0) is 14.6. The van der Waals surface area contributed by atoms with Crippen LogP contribution in [-0.4, -0.2) is 53.7 Å². The van der Waals surface area contributed by atoms with Crippen LogP contribution in [0.2, 0.25) is 0 Å². The Hall–Kier alpha value is -1.31. The number of hydrogen-bond acceptors (Lipinski definition) is 3. The molecule has 8 heteroatoms. The maximum atomic E-state index is 12.2. The van der Waals surface area contributed by atoms with E-state index < -0.39 is 36.5 Å². The minimum atomic E-state index is -4.46. The van der Waals surface area contributed by atoms with E-state index in [0.717, 1.165) is 0 Å². The summed E-state index contributed by atoms with van der Waals surface area (Å²) in [5.41, 5.74) is 0. The summed E-state index contributed by atoms with van der Waals surface area (Å²) in [5, 5.41) is 11.4. The first-order valence-corrected chi connectivity index (χ1v) is 6.02. The zero-order valence-electron chi connectivity index (χ0n) is 10.5. The van der Waals surface area contributed by atoms with Crippen molar-refractivity contribution in [2.75, 3.05) is 19.7 Å². The molecule has 1 saturated heterocycles. The van der Waals surface area contributed by atoms with Gasteiger partial charge in [-0.1, -0.05) is 6.92 Å². The minimum Gasteiger partial charge on any atom is -0.394 e. The van der Waals surface area contributed by atoms with Crippen LogP contribution in [0.1, 0.15) is 19.8 Å². The van der Waals surface area contributed by atoms with E-state index >= 15 is 0 Å². The van der Waals surface area contributed by atoms with Gasteiger partial charge in [-0.3, -0.25) is 9.59 Å². The van der Waals surface area contributed by atoms with Crippen LogP contribution in [0.15, 0.2) is 0 Å². The van der Waals surface area contributed by atoms with Crippen LogP contribution < -0.4 is 5.32 Å². The molecule has 1 fully saturated rings. The zero-order valence-corrected chi connectivity index (χ0v) is 10.5. The van der Waals surface area contributed by atoms with Gasteiger partial charge in [-0.15, -0.1) is 0 Å². The maximum Gasteiger partial charge on any atom is 0.406 e. The molecular formula is C11H17F3N2O3. The number of amides is 2.